The van der Waals surface area contributed by atoms with Crippen LogP contribution in [0.2, 0.25) is 10.3 Å². The van der Waals surface area contributed by atoms with E-state index in [4.69, 9.17) is 23.2 Å². The molecule has 0 fully saturated rings. The SMILES string of the molecule is Clc1ncc(Cl)c(NCc2nn[nH]n2)n1. The number of aromatic nitrogens is 6. The molecule has 0 saturated carbocycles. The molecule has 15 heavy (non-hydrogen) atoms. The molecule has 2 aromatic rings. The molecule has 2 aromatic heterocycles. The number of tetrazole rings is 1. The van der Waals surface area contributed by atoms with Crippen molar-refractivity contribution in [2.45, 2.75) is 6.54 Å². The summed E-state index contributed by atoms with van der Waals surface area (Å²) in [4.78, 5) is 7.61. The largest absolute Gasteiger partial charge is 0.361 e. The van der Waals surface area contributed by atoms with Crippen LogP contribution in [0.15, 0.2) is 6.20 Å². The van der Waals surface area contributed by atoms with Gasteiger partial charge < -0.3 is 5.32 Å². The number of aromatic amines is 1. The molecule has 0 aliphatic rings. The molecule has 0 spiro atoms. The summed E-state index contributed by atoms with van der Waals surface area (Å²) < 4.78 is 0. The molecule has 0 aliphatic heterocycles. The second kappa shape index (κ2) is 4.37. The first-order chi connectivity index (χ1) is 7.25. The van der Waals surface area contributed by atoms with Crippen LogP contribution in [0, 0.1) is 0 Å². The lowest BCUT2D eigenvalue weighted by Gasteiger charge is -2.03. The third-order valence-electron chi connectivity index (χ3n) is 1.52. The molecule has 0 aromatic carbocycles. The van der Waals surface area contributed by atoms with E-state index in [9.17, 15) is 0 Å². The number of nitrogens with zero attached hydrogens (tertiary/aromatic N) is 5. The van der Waals surface area contributed by atoms with E-state index < -0.39 is 0 Å². The zero-order valence-electron chi connectivity index (χ0n) is 7.28. The first kappa shape index (κ1) is 10.1. The van der Waals surface area contributed by atoms with Gasteiger partial charge in [-0.3, -0.25) is 0 Å². The predicted molar refractivity (Wildman–Crippen MR) is 53.6 cm³/mol. The van der Waals surface area contributed by atoms with E-state index in [0.29, 0.717) is 23.2 Å². The third kappa shape index (κ3) is 2.51. The van der Waals surface area contributed by atoms with Gasteiger partial charge >= 0.3 is 0 Å². The van der Waals surface area contributed by atoms with E-state index in [2.05, 4.69) is 35.9 Å². The highest BCUT2D eigenvalue weighted by molar-refractivity contribution is 6.33. The average Bonchev–Trinajstić information content (AvgIpc) is 2.72. The van der Waals surface area contributed by atoms with Crippen molar-refractivity contribution in [2.24, 2.45) is 0 Å². The molecule has 2 N–H and O–H groups in total. The molecule has 0 saturated heterocycles. The van der Waals surface area contributed by atoms with Gasteiger partial charge in [-0.1, -0.05) is 16.8 Å². The highest BCUT2D eigenvalue weighted by Crippen LogP contribution is 2.19. The maximum atomic E-state index is 5.83. The average molecular weight is 246 g/mol. The monoisotopic (exact) mass is 245 g/mol. The van der Waals surface area contributed by atoms with Gasteiger partial charge in [-0.25, -0.2) is 4.98 Å². The van der Waals surface area contributed by atoms with Crippen molar-refractivity contribution < 1.29 is 0 Å². The van der Waals surface area contributed by atoms with Crippen molar-refractivity contribution in [2.75, 3.05) is 5.32 Å². The maximum absolute atomic E-state index is 5.83. The Morgan fingerprint density at radius 2 is 2.27 bits per heavy atom. The fourth-order valence-electron chi connectivity index (χ4n) is 0.890. The Morgan fingerprint density at radius 1 is 1.40 bits per heavy atom. The van der Waals surface area contributed by atoms with Crippen LogP contribution in [0.5, 0.6) is 0 Å². The van der Waals surface area contributed by atoms with Crippen LogP contribution in [0.4, 0.5) is 5.82 Å². The van der Waals surface area contributed by atoms with Crippen LogP contribution < -0.4 is 5.32 Å². The second-order valence-corrected chi connectivity index (χ2v) is 3.26. The second-order valence-electron chi connectivity index (χ2n) is 2.52. The molecular weight excluding hydrogens is 241 g/mol. The number of hydrogen-bond donors (Lipinski definition) is 2. The van der Waals surface area contributed by atoms with Gasteiger partial charge in [0.05, 0.1) is 12.7 Å². The summed E-state index contributed by atoms with van der Waals surface area (Å²) in [7, 11) is 0. The van der Waals surface area contributed by atoms with Gasteiger partial charge in [0, 0.05) is 0 Å². The van der Waals surface area contributed by atoms with Gasteiger partial charge in [-0.15, -0.1) is 10.2 Å². The molecule has 2 heterocycles. The van der Waals surface area contributed by atoms with Crippen molar-refractivity contribution in [3.63, 3.8) is 0 Å². The molecule has 0 radical (unpaired) electrons. The first-order valence-corrected chi connectivity index (χ1v) is 4.65. The molecule has 0 unspecified atom stereocenters. The summed E-state index contributed by atoms with van der Waals surface area (Å²) in [5.41, 5.74) is 0. The van der Waals surface area contributed by atoms with Crippen LogP contribution in [-0.2, 0) is 6.54 Å². The minimum absolute atomic E-state index is 0.120. The van der Waals surface area contributed by atoms with Crippen molar-refractivity contribution in [1.29, 1.82) is 0 Å². The topological polar surface area (TPSA) is 92.3 Å². The Morgan fingerprint density at radius 3 is 3.00 bits per heavy atom. The minimum Gasteiger partial charge on any atom is -0.361 e. The molecule has 7 nitrogen and oxygen atoms in total. The van der Waals surface area contributed by atoms with Gasteiger partial charge in [0.1, 0.15) is 10.8 Å². The number of rotatable bonds is 3. The van der Waals surface area contributed by atoms with Crippen molar-refractivity contribution in [3.05, 3.63) is 22.3 Å². The molecule has 0 atom stereocenters. The number of anilines is 1. The number of halogens is 2. The Kier molecular flexibility index (Phi) is 2.93. The number of hydrogen-bond acceptors (Lipinski definition) is 6. The van der Waals surface area contributed by atoms with Crippen LogP contribution in [-0.4, -0.2) is 30.6 Å². The van der Waals surface area contributed by atoms with E-state index in [1.807, 2.05) is 0 Å². The zero-order chi connectivity index (χ0) is 10.7. The van der Waals surface area contributed by atoms with E-state index in [0.717, 1.165) is 0 Å². The molecule has 2 rings (SSSR count). The van der Waals surface area contributed by atoms with Crippen LogP contribution >= 0.6 is 23.2 Å². The van der Waals surface area contributed by atoms with Crippen molar-refractivity contribution in [3.8, 4) is 0 Å². The highest BCUT2D eigenvalue weighted by atomic mass is 35.5. The lowest BCUT2D eigenvalue weighted by Crippen LogP contribution is -2.04. The molecule has 0 aliphatic carbocycles. The van der Waals surface area contributed by atoms with E-state index in [1.54, 1.807) is 0 Å². The zero-order valence-corrected chi connectivity index (χ0v) is 8.79. The van der Waals surface area contributed by atoms with E-state index in [1.165, 1.54) is 6.20 Å². The van der Waals surface area contributed by atoms with Gasteiger partial charge in [-0.05, 0) is 11.6 Å². The summed E-state index contributed by atoms with van der Waals surface area (Å²) >= 11 is 11.4. The summed E-state index contributed by atoms with van der Waals surface area (Å²) in [6.45, 7) is 0.351. The summed E-state index contributed by atoms with van der Waals surface area (Å²) in [6, 6.07) is 0. The smallest absolute Gasteiger partial charge is 0.224 e. The molecule has 0 amide bonds. The van der Waals surface area contributed by atoms with Gasteiger partial charge in [0.25, 0.3) is 0 Å². The van der Waals surface area contributed by atoms with Gasteiger partial charge in [-0.2, -0.15) is 10.2 Å². The van der Waals surface area contributed by atoms with Crippen LogP contribution in [0.3, 0.4) is 0 Å². The first-order valence-electron chi connectivity index (χ1n) is 3.90. The molecular formula is C6H5Cl2N7. The number of H-pyrrole nitrogens is 1. The summed E-state index contributed by atoms with van der Waals surface area (Å²) in [6.07, 6.45) is 1.41. The maximum Gasteiger partial charge on any atom is 0.224 e. The Hall–Kier alpha value is -1.47. The Balaban J connectivity index is 2.07. The van der Waals surface area contributed by atoms with E-state index >= 15 is 0 Å². The van der Waals surface area contributed by atoms with Crippen LogP contribution in [0.25, 0.3) is 0 Å². The lowest BCUT2D eigenvalue weighted by atomic mass is 10.5. The standard InChI is InChI=1S/C6H5Cl2N7/c7-3-1-10-6(8)11-5(3)9-2-4-12-14-15-13-4/h1H,2H2,(H,9,10,11)(H,12,13,14,15). The Bertz CT molecular complexity index is 443. The van der Waals surface area contributed by atoms with Gasteiger partial charge in [0.2, 0.25) is 5.28 Å². The third-order valence-corrected chi connectivity index (χ3v) is 1.98. The number of nitrogens with one attached hydrogen (secondary N) is 2. The van der Waals surface area contributed by atoms with Crippen molar-refractivity contribution in [1.82, 2.24) is 30.6 Å². The molecule has 78 valence electrons. The van der Waals surface area contributed by atoms with Crippen LogP contribution in [0.1, 0.15) is 5.82 Å². The highest BCUT2D eigenvalue weighted by Gasteiger charge is 2.05. The van der Waals surface area contributed by atoms with Crippen molar-refractivity contribution >= 4 is 29.0 Å². The van der Waals surface area contributed by atoms with E-state index in [-0.39, 0.29) is 5.28 Å². The fraction of sp³-hybridized carbons (Fsp3) is 0.167. The van der Waals surface area contributed by atoms with Gasteiger partial charge in [0.15, 0.2) is 5.82 Å². The normalized spacial score (nSPS) is 10.3. The quantitative estimate of drug-likeness (QED) is 0.782. The summed E-state index contributed by atoms with van der Waals surface area (Å²) in [5, 5.41) is 16.6. The molecule has 9 heteroatoms. The minimum atomic E-state index is 0.120. The molecule has 0 bridgehead atoms. The fourth-order valence-corrected chi connectivity index (χ4v) is 1.18. The summed E-state index contributed by atoms with van der Waals surface area (Å²) in [5.74, 6) is 0.933. The predicted octanol–water partition coefficient (Wildman–Crippen LogP) is 0.909. The lowest BCUT2D eigenvalue weighted by molar-refractivity contribution is 0.881. The Labute approximate surface area is 94.2 Å².